The molecule has 11 heteroatoms. The Balaban J connectivity index is 1.75. The molecule has 0 aliphatic carbocycles. The maximum absolute atomic E-state index is 12.2. The van der Waals surface area contributed by atoms with Crippen LogP contribution in [0.15, 0.2) is 18.2 Å². The molecular formula is C19H23F3N2O6. The van der Waals surface area contributed by atoms with Crippen molar-refractivity contribution in [2.45, 2.75) is 25.9 Å². The Bertz CT molecular complexity index is 776. The normalized spacial score (nSPS) is 14.8. The molecule has 0 radical (unpaired) electrons. The quantitative estimate of drug-likeness (QED) is 0.695. The number of likely N-dealkylation sites (tertiary alicyclic amines) is 1. The summed E-state index contributed by atoms with van der Waals surface area (Å²) >= 11 is 0. The number of hydrogen-bond donors (Lipinski definition) is 1. The lowest BCUT2D eigenvalue weighted by molar-refractivity contribution is -0.163. The average molecular weight is 432 g/mol. The fourth-order valence-corrected chi connectivity index (χ4v) is 2.89. The Hall–Kier alpha value is -2.98. The zero-order valence-electron chi connectivity index (χ0n) is 16.6. The lowest BCUT2D eigenvalue weighted by atomic mass is 9.97. The van der Waals surface area contributed by atoms with Gasteiger partial charge in [0.2, 0.25) is 0 Å². The second kappa shape index (κ2) is 10.2. The van der Waals surface area contributed by atoms with Crippen molar-refractivity contribution in [2.24, 2.45) is 5.92 Å². The van der Waals surface area contributed by atoms with Crippen LogP contribution in [0.2, 0.25) is 0 Å². The maximum atomic E-state index is 12.2. The molecule has 166 valence electrons. The molecule has 1 aromatic rings. The second-order valence-corrected chi connectivity index (χ2v) is 6.79. The van der Waals surface area contributed by atoms with Gasteiger partial charge in [-0.2, -0.15) is 13.2 Å². The molecule has 2 rings (SSSR count). The van der Waals surface area contributed by atoms with E-state index >= 15 is 0 Å². The monoisotopic (exact) mass is 432 g/mol. The van der Waals surface area contributed by atoms with Crippen molar-refractivity contribution in [3.63, 3.8) is 0 Å². The number of alkyl halides is 3. The van der Waals surface area contributed by atoms with Crippen molar-refractivity contribution in [1.82, 2.24) is 4.90 Å². The van der Waals surface area contributed by atoms with E-state index in [1.165, 1.54) is 7.11 Å². The maximum Gasteiger partial charge on any atom is 0.422 e. The van der Waals surface area contributed by atoms with Crippen molar-refractivity contribution < 1.29 is 41.8 Å². The van der Waals surface area contributed by atoms with Gasteiger partial charge in [0.15, 0.2) is 13.2 Å². The summed E-state index contributed by atoms with van der Waals surface area (Å²) in [5, 5.41) is 2.61. The van der Waals surface area contributed by atoms with Crippen molar-refractivity contribution >= 4 is 23.7 Å². The first-order chi connectivity index (χ1) is 14.1. The van der Waals surface area contributed by atoms with E-state index in [0.717, 1.165) is 10.5 Å². The summed E-state index contributed by atoms with van der Waals surface area (Å²) in [7, 11) is 1.46. The topological polar surface area (TPSA) is 94.2 Å². The molecule has 0 saturated carbocycles. The van der Waals surface area contributed by atoms with Crippen LogP contribution < -0.4 is 10.1 Å². The van der Waals surface area contributed by atoms with Crippen molar-refractivity contribution in [3.05, 3.63) is 23.8 Å². The van der Waals surface area contributed by atoms with Gasteiger partial charge in [-0.25, -0.2) is 4.79 Å². The van der Waals surface area contributed by atoms with Gasteiger partial charge >= 0.3 is 18.2 Å². The minimum atomic E-state index is -4.60. The molecule has 1 fully saturated rings. The summed E-state index contributed by atoms with van der Waals surface area (Å²) in [6, 6.07) is 5.23. The van der Waals surface area contributed by atoms with Gasteiger partial charge in [-0.3, -0.25) is 9.59 Å². The molecule has 2 amide bonds. The minimum absolute atomic E-state index is 0.0587. The highest BCUT2D eigenvalue weighted by molar-refractivity contribution is 5.94. The van der Waals surface area contributed by atoms with Gasteiger partial charge < -0.3 is 24.4 Å². The lowest BCUT2D eigenvalue weighted by Crippen LogP contribution is -2.42. The molecule has 1 saturated heterocycles. The van der Waals surface area contributed by atoms with Crippen LogP contribution in [0.1, 0.15) is 18.4 Å². The molecule has 1 N–H and O–H groups in total. The predicted octanol–water partition coefficient (Wildman–Crippen LogP) is 2.90. The zero-order chi connectivity index (χ0) is 22.3. The highest BCUT2D eigenvalue weighted by Crippen LogP contribution is 2.25. The van der Waals surface area contributed by atoms with Gasteiger partial charge in [0.25, 0.3) is 5.91 Å². The highest BCUT2D eigenvalue weighted by atomic mass is 19.4. The van der Waals surface area contributed by atoms with Crippen LogP contribution in [-0.4, -0.2) is 62.5 Å². The molecule has 1 aromatic carbocycles. The third-order valence-corrected chi connectivity index (χ3v) is 4.42. The molecule has 0 bridgehead atoms. The molecular weight excluding hydrogens is 409 g/mol. The number of aryl methyl sites for hydroxylation is 1. The predicted molar refractivity (Wildman–Crippen MR) is 99.0 cm³/mol. The molecule has 0 aromatic heterocycles. The number of carbonyl (C=O) groups excluding carboxylic acids is 3. The first kappa shape index (κ1) is 23.3. The molecule has 0 spiro atoms. The summed E-state index contributed by atoms with van der Waals surface area (Å²) in [6.45, 7) is -0.189. The second-order valence-electron chi connectivity index (χ2n) is 6.79. The van der Waals surface area contributed by atoms with Crippen LogP contribution in [0, 0.1) is 12.8 Å². The third-order valence-electron chi connectivity index (χ3n) is 4.42. The van der Waals surface area contributed by atoms with E-state index in [0.29, 0.717) is 11.4 Å². The van der Waals surface area contributed by atoms with E-state index in [1.807, 2.05) is 13.0 Å². The number of benzene rings is 1. The Morgan fingerprint density at radius 3 is 2.43 bits per heavy atom. The van der Waals surface area contributed by atoms with Crippen LogP contribution in [0.5, 0.6) is 5.75 Å². The number of carbonyl (C=O) groups is 3. The number of amides is 2. The summed E-state index contributed by atoms with van der Waals surface area (Å²) in [4.78, 5) is 36.9. The Morgan fingerprint density at radius 1 is 1.17 bits per heavy atom. The van der Waals surface area contributed by atoms with Crippen LogP contribution in [-0.2, 0) is 19.1 Å². The van der Waals surface area contributed by atoms with E-state index in [1.54, 1.807) is 12.1 Å². The molecule has 1 aliphatic rings. The fraction of sp³-hybridized carbons (Fsp3) is 0.526. The number of methoxy groups -OCH3 is 1. The van der Waals surface area contributed by atoms with Gasteiger partial charge in [0, 0.05) is 13.1 Å². The number of nitrogens with one attached hydrogen (secondary N) is 1. The fourth-order valence-electron chi connectivity index (χ4n) is 2.89. The molecule has 1 heterocycles. The third kappa shape index (κ3) is 7.12. The Morgan fingerprint density at radius 2 is 1.83 bits per heavy atom. The number of ether oxygens (including phenoxy) is 3. The molecule has 1 aliphatic heterocycles. The van der Waals surface area contributed by atoms with E-state index in [9.17, 15) is 27.6 Å². The van der Waals surface area contributed by atoms with Crippen molar-refractivity contribution in [2.75, 3.05) is 38.7 Å². The SMILES string of the molecule is COc1ccc(C)cc1NC(=O)COC(=O)C1CCN(C(=O)OCC(F)(F)F)CC1. The number of halogens is 3. The van der Waals surface area contributed by atoms with Crippen LogP contribution >= 0.6 is 0 Å². The van der Waals surface area contributed by atoms with Gasteiger partial charge in [-0.1, -0.05) is 6.07 Å². The number of hydrogen-bond acceptors (Lipinski definition) is 6. The average Bonchev–Trinajstić information content (AvgIpc) is 2.70. The van der Waals surface area contributed by atoms with E-state index < -0.39 is 43.3 Å². The number of anilines is 1. The number of nitrogens with zero attached hydrogens (tertiary/aromatic N) is 1. The van der Waals surface area contributed by atoms with Crippen molar-refractivity contribution in [1.29, 1.82) is 0 Å². The molecule has 0 atom stereocenters. The number of esters is 1. The van der Waals surface area contributed by atoms with Gasteiger partial charge in [0.05, 0.1) is 18.7 Å². The summed E-state index contributed by atoms with van der Waals surface area (Å²) < 4.78 is 50.7. The van der Waals surface area contributed by atoms with Gasteiger partial charge in [-0.05, 0) is 37.5 Å². The van der Waals surface area contributed by atoms with Crippen LogP contribution in [0.4, 0.5) is 23.7 Å². The Labute approximate surface area is 171 Å². The molecule has 0 unspecified atom stereocenters. The number of piperidine rings is 1. The van der Waals surface area contributed by atoms with Crippen LogP contribution in [0.25, 0.3) is 0 Å². The largest absolute Gasteiger partial charge is 0.495 e. The van der Waals surface area contributed by atoms with Crippen molar-refractivity contribution in [3.8, 4) is 5.75 Å². The lowest BCUT2D eigenvalue weighted by Gasteiger charge is -2.30. The summed E-state index contributed by atoms with van der Waals surface area (Å²) in [6.07, 6.45) is -5.27. The highest BCUT2D eigenvalue weighted by Gasteiger charge is 2.33. The van der Waals surface area contributed by atoms with E-state index in [4.69, 9.17) is 9.47 Å². The standard InChI is InChI=1S/C19H23F3N2O6/c1-12-3-4-15(28-2)14(9-12)23-16(25)10-29-17(26)13-5-7-24(8-6-13)18(27)30-11-19(20,21)22/h3-4,9,13H,5-8,10-11H2,1-2H3,(H,23,25). The van der Waals surface area contributed by atoms with Crippen LogP contribution in [0.3, 0.4) is 0 Å². The number of rotatable bonds is 6. The van der Waals surface area contributed by atoms with E-state index in [2.05, 4.69) is 10.1 Å². The Kier molecular flexibility index (Phi) is 7.90. The summed E-state index contributed by atoms with van der Waals surface area (Å²) in [5.74, 6) is -1.24. The first-order valence-electron chi connectivity index (χ1n) is 9.18. The smallest absolute Gasteiger partial charge is 0.422 e. The molecule has 30 heavy (non-hydrogen) atoms. The van der Waals surface area contributed by atoms with Gasteiger partial charge in [-0.15, -0.1) is 0 Å². The summed E-state index contributed by atoms with van der Waals surface area (Å²) in [5.41, 5.74) is 1.35. The minimum Gasteiger partial charge on any atom is -0.495 e. The van der Waals surface area contributed by atoms with E-state index in [-0.39, 0.29) is 25.9 Å². The van der Waals surface area contributed by atoms with Gasteiger partial charge in [0.1, 0.15) is 5.75 Å². The molecule has 8 nitrogen and oxygen atoms in total. The zero-order valence-corrected chi connectivity index (χ0v) is 16.6. The first-order valence-corrected chi connectivity index (χ1v) is 9.18.